The van der Waals surface area contributed by atoms with Crippen molar-refractivity contribution < 1.29 is 9.53 Å². The normalized spacial score (nSPS) is 31.9. The Morgan fingerprint density at radius 3 is 2.56 bits per heavy atom. The van der Waals surface area contributed by atoms with Crippen molar-refractivity contribution in [1.29, 1.82) is 0 Å². The molecule has 16 heavy (non-hydrogen) atoms. The van der Waals surface area contributed by atoms with Crippen molar-refractivity contribution in [3.63, 3.8) is 0 Å². The summed E-state index contributed by atoms with van der Waals surface area (Å²) in [5, 5.41) is 3.84. The Labute approximate surface area is 105 Å². The van der Waals surface area contributed by atoms with Gasteiger partial charge in [-0.25, -0.2) is 0 Å². The molecular formula is C12H20BrNO2. The standard InChI is InChI=1S/C12H20BrNO2/c13-5-7-16-8-6-14-12(15)11-9-3-1-2-4-10(9)11/h9-11H,1-8H2,(H,14,15). The van der Waals surface area contributed by atoms with E-state index in [9.17, 15) is 4.79 Å². The quantitative estimate of drug-likeness (QED) is 0.600. The molecule has 0 saturated heterocycles. The van der Waals surface area contributed by atoms with Crippen molar-refractivity contribution in [2.45, 2.75) is 25.7 Å². The first-order valence-electron chi connectivity index (χ1n) is 6.26. The molecule has 2 atom stereocenters. The Balaban J connectivity index is 1.58. The maximum Gasteiger partial charge on any atom is 0.223 e. The summed E-state index contributed by atoms with van der Waals surface area (Å²) >= 11 is 3.29. The Morgan fingerprint density at radius 2 is 1.94 bits per heavy atom. The average molecular weight is 290 g/mol. The lowest BCUT2D eigenvalue weighted by Gasteiger charge is -2.04. The van der Waals surface area contributed by atoms with E-state index >= 15 is 0 Å². The van der Waals surface area contributed by atoms with Crippen LogP contribution >= 0.6 is 15.9 Å². The van der Waals surface area contributed by atoms with Gasteiger partial charge in [0.05, 0.1) is 13.2 Å². The topological polar surface area (TPSA) is 38.3 Å². The van der Waals surface area contributed by atoms with Gasteiger partial charge in [0.2, 0.25) is 5.91 Å². The largest absolute Gasteiger partial charge is 0.379 e. The van der Waals surface area contributed by atoms with Crippen LogP contribution in [0, 0.1) is 17.8 Å². The minimum Gasteiger partial charge on any atom is -0.379 e. The van der Waals surface area contributed by atoms with E-state index < -0.39 is 0 Å². The third-order valence-electron chi connectivity index (χ3n) is 3.73. The number of rotatable bonds is 6. The van der Waals surface area contributed by atoms with E-state index in [4.69, 9.17) is 4.74 Å². The lowest BCUT2D eigenvalue weighted by molar-refractivity contribution is -0.123. The zero-order valence-corrected chi connectivity index (χ0v) is 11.2. The maximum absolute atomic E-state index is 11.8. The maximum atomic E-state index is 11.8. The summed E-state index contributed by atoms with van der Waals surface area (Å²) in [7, 11) is 0. The number of ether oxygens (including phenoxy) is 1. The second-order valence-electron chi connectivity index (χ2n) is 4.73. The zero-order valence-electron chi connectivity index (χ0n) is 9.58. The summed E-state index contributed by atoms with van der Waals surface area (Å²) in [6.07, 6.45) is 5.17. The second-order valence-corrected chi connectivity index (χ2v) is 5.52. The number of carbonyl (C=O) groups excluding carboxylic acids is 1. The van der Waals surface area contributed by atoms with Crippen LogP contribution in [0.25, 0.3) is 0 Å². The third-order valence-corrected chi connectivity index (χ3v) is 4.05. The first-order chi connectivity index (χ1) is 7.84. The molecule has 92 valence electrons. The molecule has 2 fully saturated rings. The first kappa shape index (κ1) is 12.4. The average Bonchev–Trinajstić information content (AvgIpc) is 3.02. The fourth-order valence-electron chi connectivity index (χ4n) is 2.90. The Kier molecular flexibility index (Phi) is 4.65. The second kappa shape index (κ2) is 6.01. The molecule has 2 saturated carbocycles. The molecule has 0 spiro atoms. The molecule has 0 aromatic rings. The van der Waals surface area contributed by atoms with E-state index in [1.165, 1.54) is 25.7 Å². The molecule has 2 aliphatic carbocycles. The van der Waals surface area contributed by atoms with Gasteiger partial charge in [0.1, 0.15) is 0 Å². The summed E-state index contributed by atoms with van der Waals surface area (Å²) in [6, 6.07) is 0. The minimum absolute atomic E-state index is 0.263. The number of fused-ring (bicyclic) bond motifs is 1. The summed E-state index contributed by atoms with van der Waals surface area (Å²) in [5.74, 6) is 2.01. The lowest BCUT2D eigenvalue weighted by atomic mass is 10.0. The summed E-state index contributed by atoms with van der Waals surface area (Å²) < 4.78 is 5.29. The van der Waals surface area contributed by atoms with Crippen LogP contribution in [0.1, 0.15) is 25.7 Å². The number of amides is 1. The van der Waals surface area contributed by atoms with Crippen LogP contribution in [0.15, 0.2) is 0 Å². The highest BCUT2D eigenvalue weighted by molar-refractivity contribution is 9.09. The monoisotopic (exact) mass is 289 g/mol. The summed E-state index contributed by atoms with van der Waals surface area (Å²) in [4.78, 5) is 11.8. The predicted octanol–water partition coefficient (Wildman–Crippen LogP) is 1.95. The Bertz CT molecular complexity index is 235. The van der Waals surface area contributed by atoms with Crippen LogP contribution in [0.5, 0.6) is 0 Å². The number of hydrogen-bond acceptors (Lipinski definition) is 2. The number of halogens is 1. The Morgan fingerprint density at radius 1 is 1.25 bits per heavy atom. The van der Waals surface area contributed by atoms with Crippen LogP contribution in [-0.4, -0.2) is 31.0 Å². The van der Waals surface area contributed by atoms with Gasteiger partial charge in [-0.1, -0.05) is 28.8 Å². The number of hydrogen-bond donors (Lipinski definition) is 1. The molecule has 2 aliphatic rings. The van der Waals surface area contributed by atoms with Gasteiger partial charge in [-0.3, -0.25) is 4.79 Å². The molecule has 1 N–H and O–H groups in total. The predicted molar refractivity (Wildman–Crippen MR) is 66.6 cm³/mol. The van der Waals surface area contributed by atoms with Gasteiger partial charge >= 0.3 is 0 Å². The smallest absolute Gasteiger partial charge is 0.223 e. The number of nitrogens with one attached hydrogen (secondary N) is 1. The highest BCUT2D eigenvalue weighted by Crippen LogP contribution is 2.55. The van der Waals surface area contributed by atoms with Crippen molar-refractivity contribution in [1.82, 2.24) is 5.32 Å². The van der Waals surface area contributed by atoms with Gasteiger partial charge in [0, 0.05) is 17.8 Å². The van der Waals surface area contributed by atoms with E-state index in [2.05, 4.69) is 21.2 Å². The van der Waals surface area contributed by atoms with Crippen molar-refractivity contribution in [2.24, 2.45) is 17.8 Å². The minimum atomic E-state index is 0.263. The zero-order chi connectivity index (χ0) is 11.4. The van der Waals surface area contributed by atoms with Gasteiger partial charge in [-0.2, -0.15) is 0 Å². The Hall–Kier alpha value is -0.0900. The summed E-state index contributed by atoms with van der Waals surface area (Å²) in [6.45, 7) is 1.99. The van der Waals surface area contributed by atoms with Crippen molar-refractivity contribution in [3.05, 3.63) is 0 Å². The van der Waals surface area contributed by atoms with E-state index in [1.54, 1.807) is 0 Å². The van der Waals surface area contributed by atoms with Crippen molar-refractivity contribution in [3.8, 4) is 0 Å². The molecule has 2 unspecified atom stereocenters. The number of alkyl halides is 1. The highest BCUT2D eigenvalue weighted by Gasteiger charge is 2.54. The number of carbonyl (C=O) groups is 1. The van der Waals surface area contributed by atoms with Crippen LogP contribution < -0.4 is 5.32 Å². The summed E-state index contributed by atoms with van der Waals surface area (Å²) in [5.41, 5.74) is 0. The third kappa shape index (κ3) is 2.98. The molecule has 0 radical (unpaired) electrons. The van der Waals surface area contributed by atoms with Gasteiger partial charge in [-0.15, -0.1) is 0 Å². The molecule has 2 rings (SSSR count). The van der Waals surface area contributed by atoms with Gasteiger partial charge in [0.25, 0.3) is 0 Å². The van der Waals surface area contributed by atoms with Gasteiger partial charge < -0.3 is 10.1 Å². The first-order valence-corrected chi connectivity index (χ1v) is 7.38. The molecule has 0 bridgehead atoms. The molecule has 4 heteroatoms. The molecule has 1 amide bonds. The molecule has 0 aliphatic heterocycles. The van der Waals surface area contributed by atoms with Gasteiger partial charge in [-0.05, 0) is 24.7 Å². The fourth-order valence-corrected chi connectivity index (χ4v) is 3.13. The van der Waals surface area contributed by atoms with E-state index in [0.717, 1.165) is 5.33 Å². The van der Waals surface area contributed by atoms with Crippen LogP contribution in [-0.2, 0) is 9.53 Å². The molecule has 0 aromatic heterocycles. The van der Waals surface area contributed by atoms with E-state index in [-0.39, 0.29) is 5.91 Å². The van der Waals surface area contributed by atoms with Crippen LogP contribution in [0.3, 0.4) is 0 Å². The van der Waals surface area contributed by atoms with Crippen LogP contribution in [0.2, 0.25) is 0 Å². The molecule has 0 heterocycles. The fraction of sp³-hybridized carbons (Fsp3) is 0.917. The highest BCUT2D eigenvalue weighted by atomic mass is 79.9. The van der Waals surface area contributed by atoms with Crippen LogP contribution in [0.4, 0.5) is 0 Å². The lowest BCUT2D eigenvalue weighted by Crippen LogP contribution is -2.29. The molecular weight excluding hydrogens is 270 g/mol. The van der Waals surface area contributed by atoms with E-state index in [0.29, 0.717) is 37.5 Å². The van der Waals surface area contributed by atoms with Gasteiger partial charge in [0.15, 0.2) is 0 Å². The molecule has 3 nitrogen and oxygen atoms in total. The van der Waals surface area contributed by atoms with E-state index in [1.807, 2.05) is 0 Å². The SMILES string of the molecule is O=C(NCCOCCBr)C1C2CCCCC21. The molecule has 0 aromatic carbocycles. The van der Waals surface area contributed by atoms with Crippen molar-refractivity contribution in [2.75, 3.05) is 25.1 Å². The van der Waals surface area contributed by atoms with Crippen molar-refractivity contribution >= 4 is 21.8 Å².